The second kappa shape index (κ2) is 6.01. The van der Waals surface area contributed by atoms with Crippen molar-refractivity contribution >= 4 is 21.9 Å². The van der Waals surface area contributed by atoms with Gasteiger partial charge in [0.25, 0.3) is 0 Å². The molecule has 1 saturated heterocycles. The van der Waals surface area contributed by atoms with Crippen LogP contribution in [-0.4, -0.2) is 31.1 Å². The number of carbonyl (C=O) groups is 1. The molecule has 19 heavy (non-hydrogen) atoms. The average Bonchev–Trinajstić information content (AvgIpc) is 2.74. The van der Waals surface area contributed by atoms with Crippen molar-refractivity contribution in [2.24, 2.45) is 11.8 Å². The predicted molar refractivity (Wildman–Crippen MR) is 74.0 cm³/mol. The van der Waals surface area contributed by atoms with Gasteiger partial charge in [0.15, 0.2) is 0 Å². The first kappa shape index (κ1) is 14.5. The molecule has 0 amide bonds. The van der Waals surface area contributed by atoms with E-state index in [9.17, 15) is 9.18 Å². The van der Waals surface area contributed by atoms with Gasteiger partial charge in [-0.25, -0.2) is 4.39 Å². The maximum atomic E-state index is 13.7. The third-order valence-corrected chi connectivity index (χ3v) is 4.09. The van der Waals surface area contributed by atoms with Crippen molar-refractivity contribution in [3.8, 4) is 0 Å². The minimum absolute atomic E-state index is 0.111. The van der Waals surface area contributed by atoms with Gasteiger partial charge in [0, 0.05) is 29.7 Å². The average molecular weight is 330 g/mol. The van der Waals surface area contributed by atoms with Crippen LogP contribution in [0.25, 0.3) is 0 Å². The van der Waals surface area contributed by atoms with E-state index in [0.29, 0.717) is 18.7 Å². The Morgan fingerprint density at radius 1 is 1.53 bits per heavy atom. The van der Waals surface area contributed by atoms with Gasteiger partial charge < -0.3 is 4.74 Å². The second-order valence-corrected chi connectivity index (χ2v) is 5.95. The fourth-order valence-corrected chi connectivity index (χ4v) is 2.97. The lowest BCUT2D eigenvalue weighted by Gasteiger charge is -2.16. The van der Waals surface area contributed by atoms with Gasteiger partial charge in [0.05, 0.1) is 13.0 Å². The van der Waals surface area contributed by atoms with E-state index in [2.05, 4.69) is 20.8 Å². The highest BCUT2D eigenvalue weighted by Crippen LogP contribution is 2.26. The number of nitrogens with zero attached hydrogens (tertiary/aromatic N) is 1. The first-order valence-corrected chi connectivity index (χ1v) is 7.04. The van der Waals surface area contributed by atoms with Crippen LogP contribution in [0.15, 0.2) is 22.7 Å². The summed E-state index contributed by atoms with van der Waals surface area (Å²) in [4.78, 5) is 13.7. The highest BCUT2D eigenvalue weighted by Gasteiger charge is 2.35. The van der Waals surface area contributed by atoms with Gasteiger partial charge in [0.1, 0.15) is 5.82 Å². The number of hydrogen-bond donors (Lipinski definition) is 0. The molecular formula is C14H17BrFNO2. The van der Waals surface area contributed by atoms with Crippen molar-refractivity contribution in [2.75, 3.05) is 20.2 Å². The Bertz CT molecular complexity index is 481. The molecule has 2 atom stereocenters. The number of likely N-dealkylation sites (tertiary alicyclic amines) is 1. The summed E-state index contributed by atoms with van der Waals surface area (Å²) in [6.45, 7) is 3.95. The Kier molecular flexibility index (Phi) is 4.58. The molecule has 0 aliphatic carbocycles. The van der Waals surface area contributed by atoms with E-state index >= 15 is 0 Å². The monoisotopic (exact) mass is 329 g/mol. The van der Waals surface area contributed by atoms with Gasteiger partial charge >= 0.3 is 5.97 Å². The number of hydrogen-bond acceptors (Lipinski definition) is 3. The number of rotatable bonds is 3. The number of ether oxygens (including phenoxy) is 1. The number of benzene rings is 1. The number of carbonyl (C=O) groups excluding carboxylic acids is 1. The van der Waals surface area contributed by atoms with Gasteiger partial charge in [-0.1, -0.05) is 22.9 Å². The first-order valence-electron chi connectivity index (χ1n) is 6.25. The fourth-order valence-electron chi connectivity index (χ4n) is 2.56. The zero-order valence-corrected chi connectivity index (χ0v) is 12.6. The zero-order valence-electron chi connectivity index (χ0n) is 11.0. The third kappa shape index (κ3) is 3.34. The first-order chi connectivity index (χ1) is 9.01. The molecule has 0 N–H and O–H groups in total. The molecule has 2 unspecified atom stereocenters. The highest BCUT2D eigenvalue weighted by molar-refractivity contribution is 9.10. The highest BCUT2D eigenvalue weighted by atomic mass is 79.9. The molecule has 5 heteroatoms. The quantitative estimate of drug-likeness (QED) is 0.798. The van der Waals surface area contributed by atoms with E-state index in [1.807, 2.05) is 6.92 Å². The van der Waals surface area contributed by atoms with Crippen molar-refractivity contribution in [3.05, 3.63) is 34.1 Å². The number of esters is 1. The Morgan fingerprint density at radius 2 is 2.26 bits per heavy atom. The maximum Gasteiger partial charge on any atom is 0.310 e. The van der Waals surface area contributed by atoms with E-state index in [0.717, 1.165) is 11.0 Å². The lowest BCUT2D eigenvalue weighted by molar-refractivity contribution is -0.146. The van der Waals surface area contributed by atoms with Crippen LogP contribution in [0, 0.1) is 17.7 Å². The molecule has 1 aromatic rings. The van der Waals surface area contributed by atoms with Crippen molar-refractivity contribution < 1.29 is 13.9 Å². The van der Waals surface area contributed by atoms with Crippen molar-refractivity contribution in [2.45, 2.75) is 13.5 Å². The molecule has 1 aliphatic rings. The van der Waals surface area contributed by atoms with Crippen LogP contribution in [0.4, 0.5) is 4.39 Å². The topological polar surface area (TPSA) is 29.5 Å². The molecular weight excluding hydrogens is 313 g/mol. The molecule has 0 aromatic heterocycles. The van der Waals surface area contributed by atoms with Gasteiger partial charge in [-0.05, 0) is 24.1 Å². The molecule has 1 fully saturated rings. The summed E-state index contributed by atoms with van der Waals surface area (Å²) in [5.41, 5.74) is 0.645. The molecule has 1 aliphatic heterocycles. The minimum Gasteiger partial charge on any atom is -0.469 e. The third-order valence-electron chi connectivity index (χ3n) is 3.59. The SMILES string of the molecule is COC(=O)C1CN(Cc2cc(Br)ccc2F)CC1C. The van der Waals surface area contributed by atoms with E-state index in [1.54, 1.807) is 12.1 Å². The summed E-state index contributed by atoms with van der Waals surface area (Å²) >= 11 is 3.34. The standard InChI is InChI=1S/C14H17BrFNO2/c1-9-6-17(8-12(9)14(18)19-2)7-10-5-11(15)3-4-13(10)16/h3-5,9,12H,6-8H2,1-2H3. The molecule has 2 rings (SSSR count). The van der Waals surface area contributed by atoms with Crippen LogP contribution < -0.4 is 0 Å². The van der Waals surface area contributed by atoms with Crippen LogP contribution in [0.2, 0.25) is 0 Å². The van der Waals surface area contributed by atoms with Crippen molar-refractivity contribution in [3.63, 3.8) is 0 Å². The van der Waals surface area contributed by atoms with Gasteiger partial charge in [0.2, 0.25) is 0 Å². The molecule has 104 valence electrons. The van der Waals surface area contributed by atoms with Gasteiger partial charge in [-0.15, -0.1) is 0 Å². The number of methoxy groups -OCH3 is 1. The van der Waals surface area contributed by atoms with Gasteiger partial charge in [-0.2, -0.15) is 0 Å². The van der Waals surface area contributed by atoms with E-state index in [-0.39, 0.29) is 23.6 Å². The van der Waals surface area contributed by atoms with Crippen LogP contribution in [0.3, 0.4) is 0 Å². The Balaban J connectivity index is 2.05. The van der Waals surface area contributed by atoms with E-state index < -0.39 is 0 Å². The van der Waals surface area contributed by atoms with Crippen LogP contribution in [0.1, 0.15) is 12.5 Å². The lowest BCUT2D eigenvalue weighted by Crippen LogP contribution is -2.24. The summed E-state index contributed by atoms with van der Waals surface area (Å²) in [7, 11) is 1.41. The van der Waals surface area contributed by atoms with Crippen molar-refractivity contribution in [1.29, 1.82) is 0 Å². The van der Waals surface area contributed by atoms with Crippen LogP contribution in [-0.2, 0) is 16.1 Å². The van der Waals surface area contributed by atoms with E-state index in [1.165, 1.54) is 13.2 Å². The normalized spacial score (nSPS) is 23.6. The molecule has 3 nitrogen and oxygen atoms in total. The van der Waals surface area contributed by atoms with Crippen LogP contribution >= 0.6 is 15.9 Å². The van der Waals surface area contributed by atoms with Crippen LogP contribution in [0.5, 0.6) is 0 Å². The Labute approximate surface area is 120 Å². The summed E-state index contributed by atoms with van der Waals surface area (Å²) in [5, 5.41) is 0. The summed E-state index contributed by atoms with van der Waals surface area (Å²) in [6, 6.07) is 4.92. The molecule has 0 bridgehead atoms. The fraction of sp³-hybridized carbons (Fsp3) is 0.500. The van der Waals surface area contributed by atoms with Crippen molar-refractivity contribution in [1.82, 2.24) is 4.90 Å². The van der Waals surface area contributed by atoms with E-state index in [4.69, 9.17) is 4.74 Å². The molecule has 0 spiro atoms. The molecule has 1 aromatic carbocycles. The number of halogens is 2. The van der Waals surface area contributed by atoms with Gasteiger partial charge in [-0.3, -0.25) is 9.69 Å². The molecule has 0 saturated carbocycles. The summed E-state index contributed by atoms with van der Waals surface area (Å²) in [6.07, 6.45) is 0. The zero-order chi connectivity index (χ0) is 14.0. The predicted octanol–water partition coefficient (Wildman–Crippen LogP) is 2.83. The maximum absolute atomic E-state index is 13.7. The molecule has 1 heterocycles. The minimum atomic E-state index is -0.211. The Morgan fingerprint density at radius 3 is 2.95 bits per heavy atom. The summed E-state index contributed by atoms with van der Waals surface area (Å²) < 4.78 is 19.4. The smallest absolute Gasteiger partial charge is 0.310 e. The Hall–Kier alpha value is -0.940. The second-order valence-electron chi connectivity index (χ2n) is 5.04. The largest absolute Gasteiger partial charge is 0.469 e. The lowest BCUT2D eigenvalue weighted by atomic mass is 9.99. The molecule has 0 radical (unpaired) electrons. The summed E-state index contributed by atoms with van der Waals surface area (Å²) in [5.74, 6) is -0.259.